The van der Waals surface area contributed by atoms with Gasteiger partial charge in [0.15, 0.2) is 0 Å². The fourth-order valence-electron chi connectivity index (χ4n) is 2.56. The molecule has 130 valence electrons. The van der Waals surface area contributed by atoms with E-state index in [1.54, 1.807) is 12.4 Å². The van der Waals surface area contributed by atoms with Crippen LogP contribution in [-0.4, -0.2) is 17.6 Å². The summed E-state index contributed by atoms with van der Waals surface area (Å²) in [6.07, 6.45) is 16.6. The Morgan fingerprint density at radius 2 is 1.61 bits per heavy atom. The third kappa shape index (κ3) is 11.6. The van der Waals surface area contributed by atoms with E-state index < -0.39 is 0 Å². The molecule has 1 rings (SSSR count). The predicted octanol–water partition coefficient (Wildman–Crippen LogP) is 4.80. The maximum Gasteiger partial charge on any atom is 0.315 e. The lowest BCUT2D eigenvalue weighted by atomic mass is 10.1. The molecule has 1 aromatic rings. The van der Waals surface area contributed by atoms with Crippen LogP contribution in [0.15, 0.2) is 24.5 Å². The average Bonchev–Trinajstić information content (AvgIpc) is 2.59. The SMILES string of the molecule is CCCCCCCCCCCCNC(=O)NCc1cccnc1. The zero-order valence-corrected chi connectivity index (χ0v) is 14.7. The van der Waals surface area contributed by atoms with Gasteiger partial charge in [-0.15, -0.1) is 0 Å². The van der Waals surface area contributed by atoms with Gasteiger partial charge in [0.05, 0.1) is 0 Å². The molecule has 0 atom stereocenters. The number of carbonyl (C=O) groups excluding carboxylic acids is 1. The fourth-order valence-corrected chi connectivity index (χ4v) is 2.56. The molecule has 1 heterocycles. The Kier molecular flexibility index (Phi) is 11.9. The molecule has 0 saturated heterocycles. The summed E-state index contributed by atoms with van der Waals surface area (Å²) < 4.78 is 0. The van der Waals surface area contributed by atoms with Gasteiger partial charge in [-0.3, -0.25) is 4.98 Å². The maximum atomic E-state index is 11.6. The van der Waals surface area contributed by atoms with Crippen LogP contribution in [0.1, 0.15) is 76.7 Å². The van der Waals surface area contributed by atoms with Crippen molar-refractivity contribution in [2.75, 3.05) is 6.54 Å². The van der Waals surface area contributed by atoms with Gasteiger partial charge in [-0.1, -0.05) is 70.8 Å². The van der Waals surface area contributed by atoms with Crippen LogP contribution in [-0.2, 0) is 6.54 Å². The van der Waals surface area contributed by atoms with Gasteiger partial charge in [0.25, 0.3) is 0 Å². The van der Waals surface area contributed by atoms with E-state index >= 15 is 0 Å². The number of rotatable bonds is 13. The number of nitrogens with zero attached hydrogens (tertiary/aromatic N) is 1. The highest BCUT2D eigenvalue weighted by atomic mass is 16.2. The van der Waals surface area contributed by atoms with Gasteiger partial charge in [-0.25, -0.2) is 4.79 Å². The Hall–Kier alpha value is -1.58. The number of carbonyl (C=O) groups is 1. The van der Waals surface area contributed by atoms with E-state index in [1.165, 1.54) is 57.8 Å². The Labute approximate surface area is 141 Å². The molecule has 2 N–H and O–H groups in total. The molecule has 0 spiro atoms. The van der Waals surface area contributed by atoms with Crippen molar-refractivity contribution in [1.29, 1.82) is 0 Å². The molecule has 4 heteroatoms. The smallest absolute Gasteiger partial charge is 0.315 e. The van der Waals surface area contributed by atoms with E-state index in [2.05, 4.69) is 22.5 Å². The molecule has 0 aliphatic rings. The molecule has 0 fully saturated rings. The first-order valence-corrected chi connectivity index (χ1v) is 9.23. The third-order valence-electron chi connectivity index (χ3n) is 3.99. The summed E-state index contributed by atoms with van der Waals surface area (Å²) >= 11 is 0. The van der Waals surface area contributed by atoms with Gasteiger partial charge < -0.3 is 10.6 Å². The highest BCUT2D eigenvalue weighted by molar-refractivity contribution is 5.73. The number of urea groups is 1. The highest BCUT2D eigenvalue weighted by Crippen LogP contribution is 2.10. The lowest BCUT2D eigenvalue weighted by Gasteiger charge is -2.07. The van der Waals surface area contributed by atoms with E-state index in [1.807, 2.05) is 12.1 Å². The minimum atomic E-state index is -0.0928. The van der Waals surface area contributed by atoms with Crippen LogP contribution in [0, 0.1) is 0 Å². The Balaban J connectivity index is 1.84. The number of unbranched alkanes of at least 4 members (excludes halogenated alkanes) is 9. The Morgan fingerprint density at radius 3 is 2.22 bits per heavy atom. The average molecular weight is 319 g/mol. The molecule has 0 bridgehead atoms. The van der Waals surface area contributed by atoms with E-state index in [4.69, 9.17) is 0 Å². The molecule has 0 aliphatic carbocycles. The molecule has 1 aromatic heterocycles. The summed E-state index contributed by atoms with van der Waals surface area (Å²) in [5.41, 5.74) is 1.02. The zero-order chi connectivity index (χ0) is 16.6. The Bertz CT molecular complexity index is 395. The van der Waals surface area contributed by atoms with Crippen molar-refractivity contribution in [1.82, 2.24) is 15.6 Å². The molecule has 23 heavy (non-hydrogen) atoms. The molecular weight excluding hydrogens is 286 g/mol. The first-order chi connectivity index (χ1) is 11.3. The molecular formula is C19H33N3O. The second kappa shape index (κ2) is 14.0. The van der Waals surface area contributed by atoms with Crippen LogP contribution in [0.3, 0.4) is 0 Å². The van der Waals surface area contributed by atoms with Crippen molar-refractivity contribution in [3.05, 3.63) is 30.1 Å². The van der Waals surface area contributed by atoms with Gasteiger partial charge in [0.2, 0.25) is 0 Å². The number of pyridine rings is 1. The fraction of sp³-hybridized carbons (Fsp3) is 0.684. The van der Waals surface area contributed by atoms with Crippen LogP contribution in [0.5, 0.6) is 0 Å². The first-order valence-electron chi connectivity index (χ1n) is 9.23. The van der Waals surface area contributed by atoms with E-state index in [-0.39, 0.29) is 6.03 Å². The van der Waals surface area contributed by atoms with Crippen molar-refractivity contribution in [3.63, 3.8) is 0 Å². The summed E-state index contributed by atoms with van der Waals surface area (Å²) in [4.78, 5) is 15.7. The molecule has 0 radical (unpaired) electrons. The summed E-state index contributed by atoms with van der Waals surface area (Å²) in [5.74, 6) is 0. The normalized spacial score (nSPS) is 10.5. The number of amides is 2. The van der Waals surface area contributed by atoms with Crippen LogP contribution in [0.2, 0.25) is 0 Å². The first kappa shape index (κ1) is 19.5. The summed E-state index contributed by atoms with van der Waals surface area (Å²) in [6, 6.07) is 3.73. The summed E-state index contributed by atoms with van der Waals surface area (Å²) in [6.45, 7) is 3.54. The summed E-state index contributed by atoms with van der Waals surface area (Å²) in [7, 11) is 0. The quantitative estimate of drug-likeness (QED) is 0.513. The minimum Gasteiger partial charge on any atom is -0.338 e. The van der Waals surface area contributed by atoms with Gasteiger partial charge in [-0.05, 0) is 18.1 Å². The van der Waals surface area contributed by atoms with Crippen molar-refractivity contribution >= 4 is 6.03 Å². The maximum absolute atomic E-state index is 11.6. The third-order valence-corrected chi connectivity index (χ3v) is 3.99. The predicted molar refractivity (Wildman–Crippen MR) is 96.3 cm³/mol. The molecule has 0 aliphatic heterocycles. The monoisotopic (exact) mass is 319 g/mol. The van der Waals surface area contributed by atoms with Crippen molar-refractivity contribution in [2.24, 2.45) is 0 Å². The van der Waals surface area contributed by atoms with Crippen molar-refractivity contribution < 1.29 is 4.79 Å². The standard InChI is InChI=1S/C19H33N3O/c1-2-3-4-5-6-7-8-9-10-11-15-21-19(23)22-17-18-13-12-14-20-16-18/h12-14,16H,2-11,15,17H2,1H3,(H2,21,22,23). The van der Waals surface area contributed by atoms with E-state index in [0.29, 0.717) is 6.54 Å². The van der Waals surface area contributed by atoms with Crippen molar-refractivity contribution in [2.45, 2.75) is 77.7 Å². The second-order valence-electron chi connectivity index (χ2n) is 6.15. The molecule has 2 amide bonds. The van der Waals surface area contributed by atoms with Gasteiger partial charge in [-0.2, -0.15) is 0 Å². The molecule has 0 unspecified atom stereocenters. The molecule has 0 saturated carbocycles. The minimum absolute atomic E-state index is 0.0928. The molecule has 4 nitrogen and oxygen atoms in total. The zero-order valence-electron chi connectivity index (χ0n) is 14.7. The number of aromatic nitrogens is 1. The number of hydrogen-bond acceptors (Lipinski definition) is 2. The lowest BCUT2D eigenvalue weighted by molar-refractivity contribution is 0.240. The van der Waals surface area contributed by atoms with E-state index in [9.17, 15) is 4.79 Å². The Morgan fingerprint density at radius 1 is 0.957 bits per heavy atom. The number of hydrogen-bond donors (Lipinski definition) is 2. The highest BCUT2D eigenvalue weighted by Gasteiger charge is 1.99. The van der Waals surface area contributed by atoms with Gasteiger partial charge >= 0.3 is 6.03 Å². The van der Waals surface area contributed by atoms with Crippen LogP contribution in [0.4, 0.5) is 4.79 Å². The second-order valence-corrected chi connectivity index (χ2v) is 6.15. The van der Waals surface area contributed by atoms with E-state index in [0.717, 1.165) is 18.5 Å². The van der Waals surface area contributed by atoms with Gasteiger partial charge in [0, 0.05) is 25.5 Å². The number of nitrogens with one attached hydrogen (secondary N) is 2. The van der Waals surface area contributed by atoms with Crippen LogP contribution < -0.4 is 10.6 Å². The van der Waals surface area contributed by atoms with Gasteiger partial charge in [0.1, 0.15) is 0 Å². The summed E-state index contributed by atoms with van der Waals surface area (Å²) in [5, 5.41) is 5.75. The largest absolute Gasteiger partial charge is 0.338 e. The lowest BCUT2D eigenvalue weighted by Crippen LogP contribution is -2.35. The molecule has 0 aromatic carbocycles. The van der Waals surface area contributed by atoms with Crippen LogP contribution in [0.25, 0.3) is 0 Å². The topological polar surface area (TPSA) is 54.0 Å². The van der Waals surface area contributed by atoms with Crippen LogP contribution >= 0.6 is 0 Å². The van der Waals surface area contributed by atoms with Crippen molar-refractivity contribution in [3.8, 4) is 0 Å².